The first kappa shape index (κ1) is 8.97. The zero-order valence-corrected chi connectivity index (χ0v) is 7.53. The maximum atomic E-state index is 11.0. The molecule has 0 amide bonds. The zero-order valence-electron chi connectivity index (χ0n) is 7.53. The Hall–Kier alpha value is -0.610. The minimum Gasteiger partial charge on any atom is -0.464 e. The molecule has 4 nitrogen and oxygen atoms in total. The van der Waals surface area contributed by atoms with Crippen molar-refractivity contribution in [3.8, 4) is 0 Å². The Kier molecular flexibility index (Phi) is 2.80. The topological polar surface area (TPSA) is 44.8 Å². The summed E-state index contributed by atoms with van der Waals surface area (Å²) in [4.78, 5) is 11.0. The lowest BCUT2D eigenvalue weighted by atomic mass is 10.2. The lowest BCUT2D eigenvalue weighted by Crippen LogP contribution is -2.30. The fraction of sp³-hybridized carbons (Fsp3) is 0.889. The van der Waals surface area contributed by atoms with E-state index in [9.17, 15) is 4.79 Å². The molecule has 13 heavy (non-hydrogen) atoms. The van der Waals surface area contributed by atoms with E-state index in [1.165, 1.54) is 0 Å². The molecule has 2 rings (SSSR count). The van der Waals surface area contributed by atoms with Crippen LogP contribution in [0.3, 0.4) is 0 Å². The summed E-state index contributed by atoms with van der Waals surface area (Å²) in [6.45, 7) is 1.22. The lowest BCUT2D eigenvalue weighted by molar-refractivity contribution is -0.193. The number of esters is 1. The Morgan fingerprint density at radius 1 is 1.23 bits per heavy atom. The average molecular weight is 186 g/mol. The summed E-state index contributed by atoms with van der Waals surface area (Å²) in [5.74, 6) is -0.242. The quantitative estimate of drug-likeness (QED) is 0.599. The van der Waals surface area contributed by atoms with E-state index >= 15 is 0 Å². The Labute approximate surface area is 77.1 Å². The largest absolute Gasteiger partial charge is 0.464 e. The Morgan fingerprint density at radius 2 is 2.15 bits per heavy atom. The fourth-order valence-electron chi connectivity index (χ4n) is 1.60. The summed E-state index contributed by atoms with van der Waals surface area (Å²) in [6, 6.07) is 0. The van der Waals surface area contributed by atoms with Crippen LogP contribution in [0.2, 0.25) is 0 Å². The Bertz CT molecular complexity index is 186. The highest BCUT2D eigenvalue weighted by Gasteiger charge is 2.30. The van der Waals surface area contributed by atoms with Gasteiger partial charge in [0.1, 0.15) is 0 Å². The van der Waals surface area contributed by atoms with Gasteiger partial charge in [0.15, 0.2) is 12.4 Å². The first-order valence-corrected chi connectivity index (χ1v) is 4.80. The van der Waals surface area contributed by atoms with Crippen molar-refractivity contribution in [1.82, 2.24) is 0 Å². The number of carbonyl (C=O) groups excluding carboxylic acids is 1. The second-order valence-electron chi connectivity index (χ2n) is 3.38. The molecule has 0 spiro atoms. The predicted molar refractivity (Wildman–Crippen MR) is 44.0 cm³/mol. The molecule has 4 heteroatoms. The van der Waals surface area contributed by atoms with Crippen molar-refractivity contribution in [3.63, 3.8) is 0 Å². The van der Waals surface area contributed by atoms with Gasteiger partial charge in [-0.05, 0) is 19.3 Å². The molecule has 2 fully saturated rings. The van der Waals surface area contributed by atoms with Gasteiger partial charge in [-0.1, -0.05) is 0 Å². The minimum atomic E-state index is -0.386. The highest BCUT2D eigenvalue weighted by atomic mass is 16.7. The van der Waals surface area contributed by atoms with E-state index in [1.54, 1.807) is 0 Å². The van der Waals surface area contributed by atoms with E-state index < -0.39 is 0 Å². The van der Waals surface area contributed by atoms with Gasteiger partial charge in [0.2, 0.25) is 0 Å². The van der Waals surface area contributed by atoms with E-state index in [2.05, 4.69) is 0 Å². The maximum absolute atomic E-state index is 11.0. The Morgan fingerprint density at radius 3 is 2.77 bits per heavy atom. The molecule has 2 saturated heterocycles. The summed E-state index contributed by atoms with van der Waals surface area (Å²) in [5, 5.41) is 0. The van der Waals surface area contributed by atoms with Gasteiger partial charge in [0.25, 0.3) is 0 Å². The van der Waals surface area contributed by atoms with Gasteiger partial charge in [-0.25, -0.2) is 4.79 Å². The molecule has 2 aliphatic heterocycles. The van der Waals surface area contributed by atoms with Crippen molar-refractivity contribution in [2.24, 2.45) is 0 Å². The van der Waals surface area contributed by atoms with Crippen molar-refractivity contribution >= 4 is 5.97 Å². The van der Waals surface area contributed by atoms with Crippen molar-refractivity contribution in [2.45, 2.75) is 38.1 Å². The van der Waals surface area contributed by atoms with Crippen LogP contribution in [0.4, 0.5) is 0 Å². The van der Waals surface area contributed by atoms with E-state index in [-0.39, 0.29) is 18.4 Å². The summed E-state index contributed by atoms with van der Waals surface area (Å²) in [7, 11) is 0. The van der Waals surface area contributed by atoms with Crippen LogP contribution < -0.4 is 0 Å². The predicted octanol–water partition coefficient (Wildman–Crippen LogP) is 0.845. The van der Waals surface area contributed by atoms with Crippen molar-refractivity contribution < 1.29 is 19.0 Å². The zero-order chi connectivity index (χ0) is 9.10. The molecule has 0 N–H and O–H groups in total. The SMILES string of the molecule is O=C1OCC[C@@H]1O[C@H]1CCCCO1. The van der Waals surface area contributed by atoms with E-state index in [0.29, 0.717) is 13.0 Å². The molecule has 74 valence electrons. The van der Waals surface area contributed by atoms with Crippen LogP contribution >= 0.6 is 0 Å². The molecule has 0 aromatic carbocycles. The molecular formula is C9H14O4. The number of cyclic esters (lactones) is 1. The molecule has 0 radical (unpaired) electrons. The van der Waals surface area contributed by atoms with Crippen molar-refractivity contribution in [2.75, 3.05) is 13.2 Å². The standard InChI is InChI=1S/C9H14O4/c10-9-7(4-6-12-9)13-8-3-1-2-5-11-8/h7-8H,1-6H2/t7-,8-/m0/s1. The second kappa shape index (κ2) is 4.07. The van der Waals surface area contributed by atoms with Crippen LogP contribution in [-0.2, 0) is 19.0 Å². The summed E-state index contributed by atoms with van der Waals surface area (Å²) in [5.41, 5.74) is 0. The van der Waals surface area contributed by atoms with Gasteiger partial charge in [0, 0.05) is 13.0 Å². The number of hydrogen-bond acceptors (Lipinski definition) is 4. The van der Waals surface area contributed by atoms with Gasteiger partial charge in [-0.3, -0.25) is 0 Å². The van der Waals surface area contributed by atoms with Gasteiger partial charge < -0.3 is 14.2 Å². The van der Waals surface area contributed by atoms with Gasteiger partial charge in [0.05, 0.1) is 6.61 Å². The third-order valence-electron chi connectivity index (χ3n) is 2.34. The number of rotatable bonds is 2. The average Bonchev–Trinajstić information content (AvgIpc) is 2.54. The number of ether oxygens (including phenoxy) is 3. The molecule has 2 heterocycles. The third kappa shape index (κ3) is 2.19. The normalized spacial score (nSPS) is 34.6. The smallest absolute Gasteiger partial charge is 0.335 e. The van der Waals surface area contributed by atoms with Crippen LogP contribution in [-0.4, -0.2) is 31.6 Å². The van der Waals surface area contributed by atoms with E-state index in [4.69, 9.17) is 14.2 Å². The fourth-order valence-corrected chi connectivity index (χ4v) is 1.60. The molecule has 2 atom stereocenters. The highest BCUT2D eigenvalue weighted by molar-refractivity contribution is 5.76. The van der Waals surface area contributed by atoms with Crippen molar-refractivity contribution in [3.05, 3.63) is 0 Å². The van der Waals surface area contributed by atoms with E-state index in [1.807, 2.05) is 0 Å². The first-order valence-electron chi connectivity index (χ1n) is 4.80. The molecule has 2 aliphatic rings. The van der Waals surface area contributed by atoms with Gasteiger partial charge in [-0.15, -0.1) is 0 Å². The second-order valence-corrected chi connectivity index (χ2v) is 3.38. The monoisotopic (exact) mass is 186 g/mol. The Balaban J connectivity index is 1.79. The summed E-state index contributed by atoms with van der Waals surface area (Å²) >= 11 is 0. The molecule has 0 aliphatic carbocycles. The van der Waals surface area contributed by atoms with Crippen LogP contribution in [0, 0.1) is 0 Å². The van der Waals surface area contributed by atoms with E-state index in [0.717, 1.165) is 25.9 Å². The lowest BCUT2D eigenvalue weighted by Gasteiger charge is -2.24. The molecule has 0 saturated carbocycles. The molecule has 0 bridgehead atoms. The minimum absolute atomic E-state index is 0.190. The van der Waals surface area contributed by atoms with Crippen LogP contribution in [0.25, 0.3) is 0 Å². The van der Waals surface area contributed by atoms with Crippen molar-refractivity contribution in [1.29, 1.82) is 0 Å². The molecule has 0 aromatic heterocycles. The molecular weight excluding hydrogens is 172 g/mol. The molecule has 0 unspecified atom stereocenters. The van der Waals surface area contributed by atoms with Crippen LogP contribution in [0.5, 0.6) is 0 Å². The van der Waals surface area contributed by atoms with Gasteiger partial charge >= 0.3 is 5.97 Å². The third-order valence-corrected chi connectivity index (χ3v) is 2.34. The molecule has 0 aromatic rings. The number of hydrogen-bond donors (Lipinski definition) is 0. The summed E-state index contributed by atoms with van der Waals surface area (Å²) in [6.07, 6.45) is 3.19. The summed E-state index contributed by atoms with van der Waals surface area (Å²) < 4.78 is 15.6. The first-order chi connectivity index (χ1) is 6.36. The number of carbonyl (C=O) groups is 1. The van der Waals surface area contributed by atoms with Crippen LogP contribution in [0.15, 0.2) is 0 Å². The maximum Gasteiger partial charge on any atom is 0.335 e. The highest BCUT2D eigenvalue weighted by Crippen LogP contribution is 2.19. The van der Waals surface area contributed by atoms with Gasteiger partial charge in [-0.2, -0.15) is 0 Å². The van der Waals surface area contributed by atoms with Crippen LogP contribution in [0.1, 0.15) is 25.7 Å².